The van der Waals surface area contributed by atoms with Crippen molar-refractivity contribution in [1.29, 1.82) is 0 Å². The van der Waals surface area contributed by atoms with E-state index in [4.69, 9.17) is 5.73 Å². The molecule has 0 bridgehead atoms. The molecule has 94 valence electrons. The molecule has 1 saturated carbocycles. The third-order valence-corrected chi connectivity index (χ3v) is 4.04. The van der Waals surface area contributed by atoms with Crippen LogP contribution in [0.4, 0.5) is 11.8 Å². The average molecular weight is 299 g/mol. The Hall–Kier alpha value is -0.840. The predicted molar refractivity (Wildman–Crippen MR) is 73.8 cm³/mol. The van der Waals surface area contributed by atoms with Crippen molar-refractivity contribution in [2.75, 3.05) is 11.1 Å². The molecular formula is C12H19BrN4. The molecular weight excluding hydrogens is 280 g/mol. The lowest BCUT2D eigenvalue weighted by atomic mass is 9.84. The zero-order valence-corrected chi connectivity index (χ0v) is 11.7. The van der Waals surface area contributed by atoms with E-state index >= 15 is 0 Å². The fraction of sp³-hybridized carbons (Fsp3) is 0.667. The van der Waals surface area contributed by atoms with E-state index in [9.17, 15) is 0 Å². The molecule has 0 aromatic carbocycles. The van der Waals surface area contributed by atoms with Crippen molar-refractivity contribution >= 4 is 27.7 Å². The second-order valence-corrected chi connectivity index (χ2v) is 5.56. The maximum absolute atomic E-state index is 5.60. The summed E-state index contributed by atoms with van der Waals surface area (Å²) in [7, 11) is 0. The summed E-state index contributed by atoms with van der Waals surface area (Å²) in [5.74, 6) is 1.98. The van der Waals surface area contributed by atoms with Gasteiger partial charge in [-0.3, -0.25) is 0 Å². The van der Waals surface area contributed by atoms with Crippen molar-refractivity contribution in [3.05, 3.63) is 10.7 Å². The largest absolute Gasteiger partial charge is 0.368 e. The SMILES string of the molecule is CCC1CCCC(Nc2nc(N)ncc2Br)C1. The lowest BCUT2D eigenvalue weighted by molar-refractivity contribution is 0.327. The second kappa shape index (κ2) is 5.67. The number of aromatic nitrogens is 2. The fourth-order valence-electron chi connectivity index (χ4n) is 2.47. The number of hydrogen-bond acceptors (Lipinski definition) is 4. The Balaban J connectivity index is 2.02. The number of hydrogen-bond donors (Lipinski definition) is 2. The first-order valence-electron chi connectivity index (χ1n) is 6.23. The highest BCUT2D eigenvalue weighted by molar-refractivity contribution is 9.10. The van der Waals surface area contributed by atoms with E-state index in [1.807, 2.05) is 0 Å². The Bertz CT molecular complexity index is 383. The highest BCUT2D eigenvalue weighted by Gasteiger charge is 2.21. The van der Waals surface area contributed by atoms with E-state index in [1.165, 1.54) is 32.1 Å². The number of rotatable bonds is 3. The summed E-state index contributed by atoms with van der Waals surface area (Å²) in [5, 5.41) is 3.48. The first-order chi connectivity index (χ1) is 8.19. The number of halogens is 1. The minimum Gasteiger partial charge on any atom is -0.368 e. The number of nitrogens with two attached hydrogens (primary N) is 1. The van der Waals surface area contributed by atoms with E-state index in [0.717, 1.165) is 16.2 Å². The predicted octanol–water partition coefficient (Wildman–Crippen LogP) is 3.20. The monoisotopic (exact) mass is 298 g/mol. The van der Waals surface area contributed by atoms with Crippen LogP contribution in [0.5, 0.6) is 0 Å². The van der Waals surface area contributed by atoms with Gasteiger partial charge in [-0.2, -0.15) is 4.98 Å². The number of nitrogens with zero attached hydrogens (tertiary/aromatic N) is 2. The molecule has 0 radical (unpaired) electrons. The van der Waals surface area contributed by atoms with Crippen molar-refractivity contribution in [3.8, 4) is 0 Å². The van der Waals surface area contributed by atoms with Crippen LogP contribution in [0.25, 0.3) is 0 Å². The molecule has 2 unspecified atom stereocenters. The van der Waals surface area contributed by atoms with Gasteiger partial charge >= 0.3 is 0 Å². The molecule has 2 atom stereocenters. The van der Waals surface area contributed by atoms with Gasteiger partial charge in [-0.05, 0) is 34.7 Å². The van der Waals surface area contributed by atoms with Gasteiger partial charge in [-0.25, -0.2) is 4.98 Å². The molecule has 5 heteroatoms. The van der Waals surface area contributed by atoms with Gasteiger partial charge in [0.25, 0.3) is 0 Å². The standard InChI is InChI=1S/C12H19BrN4/c1-2-8-4-3-5-9(6-8)16-11-10(13)7-15-12(14)17-11/h7-9H,2-6H2,1H3,(H3,14,15,16,17). The van der Waals surface area contributed by atoms with Crippen LogP contribution < -0.4 is 11.1 Å². The maximum Gasteiger partial charge on any atom is 0.221 e. The molecule has 2 rings (SSSR count). The van der Waals surface area contributed by atoms with Crippen LogP contribution >= 0.6 is 15.9 Å². The summed E-state index contributed by atoms with van der Waals surface area (Å²) in [6.07, 6.45) is 8.08. The van der Waals surface area contributed by atoms with Crippen molar-refractivity contribution in [3.63, 3.8) is 0 Å². The third kappa shape index (κ3) is 3.31. The Labute approximate surface area is 111 Å². The van der Waals surface area contributed by atoms with Crippen LogP contribution in [0.2, 0.25) is 0 Å². The molecule has 0 spiro atoms. The molecule has 0 saturated heterocycles. The molecule has 0 amide bonds. The highest BCUT2D eigenvalue weighted by atomic mass is 79.9. The van der Waals surface area contributed by atoms with Gasteiger partial charge < -0.3 is 11.1 Å². The van der Waals surface area contributed by atoms with E-state index in [-0.39, 0.29) is 0 Å². The molecule has 4 nitrogen and oxygen atoms in total. The summed E-state index contributed by atoms with van der Waals surface area (Å²) in [4.78, 5) is 8.17. The van der Waals surface area contributed by atoms with Gasteiger partial charge in [-0.15, -0.1) is 0 Å². The molecule has 1 aliphatic carbocycles. The Kier molecular flexibility index (Phi) is 4.20. The number of nitrogen functional groups attached to an aromatic ring is 1. The summed E-state index contributed by atoms with van der Waals surface area (Å²) in [6, 6.07) is 0.513. The van der Waals surface area contributed by atoms with Crippen LogP contribution in [-0.2, 0) is 0 Å². The van der Waals surface area contributed by atoms with Crippen LogP contribution in [-0.4, -0.2) is 16.0 Å². The molecule has 1 heterocycles. The van der Waals surface area contributed by atoms with Crippen molar-refractivity contribution in [1.82, 2.24) is 9.97 Å². The van der Waals surface area contributed by atoms with E-state index in [0.29, 0.717) is 12.0 Å². The lowest BCUT2D eigenvalue weighted by Gasteiger charge is -2.29. The van der Waals surface area contributed by atoms with Gasteiger partial charge in [0.15, 0.2) is 0 Å². The minimum absolute atomic E-state index is 0.318. The molecule has 1 fully saturated rings. The quantitative estimate of drug-likeness (QED) is 0.899. The zero-order valence-electron chi connectivity index (χ0n) is 10.1. The first-order valence-corrected chi connectivity index (χ1v) is 7.03. The molecule has 17 heavy (non-hydrogen) atoms. The highest BCUT2D eigenvalue weighted by Crippen LogP contribution is 2.30. The molecule has 3 N–H and O–H groups in total. The van der Waals surface area contributed by atoms with Crippen LogP contribution in [0.1, 0.15) is 39.0 Å². The van der Waals surface area contributed by atoms with Gasteiger partial charge in [0.1, 0.15) is 5.82 Å². The van der Waals surface area contributed by atoms with Crippen LogP contribution in [0.3, 0.4) is 0 Å². The summed E-state index contributed by atoms with van der Waals surface area (Å²) in [6.45, 7) is 2.27. The van der Waals surface area contributed by atoms with E-state index in [1.54, 1.807) is 6.20 Å². The summed E-state index contributed by atoms with van der Waals surface area (Å²) in [5.41, 5.74) is 5.60. The zero-order chi connectivity index (χ0) is 12.3. The Morgan fingerprint density at radius 1 is 1.53 bits per heavy atom. The van der Waals surface area contributed by atoms with Gasteiger partial charge in [0.2, 0.25) is 5.95 Å². The van der Waals surface area contributed by atoms with Crippen molar-refractivity contribution < 1.29 is 0 Å². The minimum atomic E-state index is 0.318. The third-order valence-electron chi connectivity index (χ3n) is 3.46. The lowest BCUT2D eigenvalue weighted by Crippen LogP contribution is -2.27. The van der Waals surface area contributed by atoms with E-state index in [2.05, 4.69) is 38.1 Å². The van der Waals surface area contributed by atoms with Crippen LogP contribution in [0.15, 0.2) is 10.7 Å². The first kappa shape index (κ1) is 12.6. The Morgan fingerprint density at radius 2 is 2.35 bits per heavy atom. The summed E-state index contributed by atoms with van der Waals surface area (Å²) >= 11 is 3.45. The second-order valence-electron chi connectivity index (χ2n) is 4.71. The average Bonchev–Trinajstić information content (AvgIpc) is 2.34. The van der Waals surface area contributed by atoms with Gasteiger partial charge in [0, 0.05) is 12.2 Å². The van der Waals surface area contributed by atoms with Gasteiger partial charge in [-0.1, -0.05) is 26.2 Å². The topological polar surface area (TPSA) is 63.8 Å². The normalized spacial score (nSPS) is 24.6. The van der Waals surface area contributed by atoms with E-state index < -0.39 is 0 Å². The molecule has 1 aromatic heterocycles. The molecule has 0 aliphatic heterocycles. The summed E-state index contributed by atoms with van der Waals surface area (Å²) < 4.78 is 0.880. The number of nitrogens with one attached hydrogen (secondary N) is 1. The smallest absolute Gasteiger partial charge is 0.221 e. The molecule has 1 aromatic rings. The fourth-order valence-corrected chi connectivity index (χ4v) is 2.77. The Morgan fingerprint density at radius 3 is 3.12 bits per heavy atom. The van der Waals surface area contributed by atoms with Crippen molar-refractivity contribution in [2.24, 2.45) is 5.92 Å². The van der Waals surface area contributed by atoms with Crippen LogP contribution in [0, 0.1) is 5.92 Å². The van der Waals surface area contributed by atoms with Gasteiger partial charge in [0.05, 0.1) is 4.47 Å². The number of anilines is 2. The van der Waals surface area contributed by atoms with Crippen molar-refractivity contribution in [2.45, 2.75) is 45.1 Å². The molecule has 1 aliphatic rings. The maximum atomic E-state index is 5.60.